The molecule has 0 saturated carbocycles. The highest BCUT2D eigenvalue weighted by atomic mass is 16.5. The molecule has 0 fully saturated rings. The van der Waals surface area contributed by atoms with Crippen LogP contribution in [0.3, 0.4) is 0 Å². The molecule has 36 heavy (non-hydrogen) atoms. The van der Waals surface area contributed by atoms with Crippen molar-refractivity contribution in [2.75, 3.05) is 61.9 Å². The molecule has 2 aromatic carbocycles. The van der Waals surface area contributed by atoms with Gasteiger partial charge in [-0.15, -0.1) is 0 Å². The first-order valence-corrected chi connectivity index (χ1v) is 11.5. The zero-order valence-electron chi connectivity index (χ0n) is 21.4. The van der Waals surface area contributed by atoms with Crippen molar-refractivity contribution < 1.29 is 33.3 Å². The molecule has 1 heterocycles. The van der Waals surface area contributed by atoms with Crippen molar-refractivity contribution in [1.29, 1.82) is 0 Å². The lowest BCUT2D eigenvalue weighted by Gasteiger charge is -2.27. The number of carbonyl (C=O) groups is 2. The van der Waals surface area contributed by atoms with Crippen molar-refractivity contribution in [3.05, 3.63) is 53.6 Å². The summed E-state index contributed by atoms with van der Waals surface area (Å²) in [5.41, 5.74) is 2.34. The molecule has 0 saturated heterocycles. The first-order chi connectivity index (χ1) is 17.4. The highest BCUT2D eigenvalue weighted by molar-refractivity contribution is 6.05. The van der Waals surface area contributed by atoms with E-state index in [2.05, 4.69) is 0 Å². The Hall–Kier alpha value is -3.63. The molecular weight excluding hydrogens is 466 g/mol. The molecule has 1 atom stereocenters. The van der Waals surface area contributed by atoms with Crippen LogP contribution in [-0.2, 0) is 19.1 Å². The van der Waals surface area contributed by atoms with E-state index in [4.69, 9.17) is 28.8 Å². The second-order valence-corrected chi connectivity index (χ2v) is 8.09. The summed E-state index contributed by atoms with van der Waals surface area (Å²) < 4.78 is 26.3. The number of hydrogen-bond acceptors (Lipinski definition) is 8. The minimum Gasteiger partial charge on any atom is -0.497 e. The Morgan fingerprint density at radius 1 is 0.944 bits per heavy atom. The SMILES string of the molecule is COCCN(CC(=O)N1N=C(c2ccc(OC)cc2OC)CC1c1ccc(OC)cc1)C(=O)COC. The molecule has 2 aromatic rings. The molecule has 2 amide bonds. The third-order valence-electron chi connectivity index (χ3n) is 5.90. The van der Waals surface area contributed by atoms with Crippen molar-refractivity contribution in [3.8, 4) is 17.2 Å². The number of ether oxygens (including phenoxy) is 5. The van der Waals surface area contributed by atoms with Crippen molar-refractivity contribution in [2.45, 2.75) is 12.5 Å². The van der Waals surface area contributed by atoms with Gasteiger partial charge in [0.15, 0.2) is 0 Å². The average molecular weight is 500 g/mol. The third kappa shape index (κ3) is 6.32. The monoisotopic (exact) mass is 499 g/mol. The number of rotatable bonds is 12. The normalized spacial score (nSPS) is 14.9. The maximum atomic E-state index is 13.5. The lowest BCUT2D eigenvalue weighted by Crippen LogP contribution is -2.44. The Balaban J connectivity index is 1.95. The quantitative estimate of drug-likeness (QED) is 0.443. The van der Waals surface area contributed by atoms with E-state index < -0.39 is 0 Å². The highest BCUT2D eigenvalue weighted by Gasteiger charge is 2.35. The van der Waals surface area contributed by atoms with Gasteiger partial charge in [-0.1, -0.05) is 12.1 Å². The fraction of sp³-hybridized carbons (Fsp3) is 0.423. The van der Waals surface area contributed by atoms with Crippen LogP contribution in [0.4, 0.5) is 0 Å². The smallest absolute Gasteiger partial charge is 0.262 e. The lowest BCUT2D eigenvalue weighted by molar-refractivity contribution is -0.144. The van der Waals surface area contributed by atoms with Crippen molar-refractivity contribution in [3.63, 3.8) is 0 Å². The van der Waals surface area contributed by atoms with E-state index in [1.165, 1.54) is 17.0 Å². The standard InChI is InChI=1S/C26H33N3O7/c1-32-13-12-28(26(31)17-33-2)16-25(30)29-23(18-6-8-19(34-3)9-7-18)15-22(27-29)21-11-10-20(35-4)14-24(21)36-5/h6-11,14,23H,12-13,15-17H2,1-5H3. The van der Waals surface area contributed by atoms with Gasteiger partial charge in [0, 0.05) is 38.8 Å². The van der Waals surface area contributed by atoms with E-state index in [1.54, 1.807) is 34.5 Å². The fourth-order valence-electron chi connectivity index (χ4n) is 3.97. The van der Waals surface area contributed by atoms with Crippen LogP contribution in [0.2, 0.25) is 0 Å². The molecule has 10 heteroatoms. The Labute approximate surface area is 211 Å². The van der Waals surface area contributed by atoms with Crippen molar-refractivity contribution in [2.24, 2.45) is 5.10 Å². The van der Waals surface area contributed by atoms with E-state index in [0.29, 0.717) is 36.0 Å². The van der Waals surface area contributed by atoms with Gasteiger partial charge >= 0.3 is 0 Å². The predicted molar refractivity (Wildman–Crippen MR) is 134 cm³/mol. The fourth-order valence-corrected chi connectivity index (χ4v) is 3.97. The van der Waals surface area contributed by atoms with Gasteiger partial charge in [-0.05, 0) is 29.8 Å². The molecule has 0 aromatic heterocycles. The Morgan fingerprint density at radius 2 is 1.64 bits per heavy atom. The van der Waals surface area contributed by atoms with Gasteiger partial charge in [0.1, 0.15) is 30.4 Å². The van der Waals surface area contributed by atoms with Gasteiger partial charge < -0.3 is 28.6 Å². The lowest BCUT2D eigenvalue weighted by atomic mass is 9.97. The van der Waals surface area contributed by atoms with Gasteiger partial charge in [0.05, 0.1) is 39.7 Å². The highest BCUT2D eigenvalue weighted by Crippen LogP contribution is 2.36. The number of nitrogens with zero attached hydrogens (tertiary/aromatic N) is 3. The number of carbonyl (C=O) groups excluding carboxylic acids is 2. The number of hydrogen-bond donors (Lipinski definition) is 0. The maximum absolute atomic E-state index is 13.5. The summed E-state index contributed by atoms with van der Waals surface area (Å²) in [6.07, 6.45) is 0.463. The number of methoxy groups -OCH3 is 5. The van der Waals surface area contributed by atoms with Gasteiger partial charge in [0.2, 0.25) is 5.91 Å². The summed E-state index contributed by atoms with van der Waals surface area (Å²) in [5, 5.41) is 6.15. The largest absolute Gasteiger partial charge is 0.497 e. The molecule has 0 spiro atoms. The van der Waals surface area contributed by atoms with E-state index in [9.17, 15) is 9.59 Å². The molecule has 1 unspecified atom stereocenters. The molecule has 0 bridgehead atoms. The van der Waals surface area contributed by atoms with Crippen LogP contribution in [0.15, 0.2) is 47.6 Å². The Kier molecular flexibility index (Phi) is 9.66. The van der Waals surface area contributed by atoms with Crippen LogP contribution in [0.25, 0.3) is 0 Å². The summed E-state index contributed by atoms with van der Waals surface area (Å²) in [5.74, 6) is 1.33. The molecule has 1 aliphatic rings. The average Bonchev–Trinajstić information content (AvgIpc) is 3.36. The zero-order chi connectivity index (χ0) is 26.1. The molecular formula is C26H33N3O7. The van der Waals surface area contributed by atoms with Gasteiger partial charge in [0.25, 0.3) is 5.91 Å². The summed E-state index contributed by atoms with van der Waals surface area (Å²) in [6, 6.07) is 12.6. The molecule has 0 radical (unpaired) electrons. The maximum Gasteiger partial charge on any atom is 0.262 e. The van der Waals surface area contributed by atoms with Crippen LogP contribution < -0.4 is 14.2 Å². The third-order valence-corrected chi connectivity index (χ3v) is 5.90. The molecule has 3 rings (SSSR count). The van der Waals surface area contributed by atoms with E-state index in [0.717, 1.165) is 11.1 Å². The Morgan fingerprint density at radius 3 is 2.25 bits per heavy atom. The van der Waals surface area contributed by atoms with E-state index >= 15 is 0 Å². The second-order valence-electron chi connectivity index (χ2n) is 8.09. The number of benzene rings is 2. The molecule has 0 N–H and O–H groups in total. The van der Waals surface area contributed by atoms with Crippen LogP contribution in [0.1, 0.15) is 23.6 Å². The van der Waals surface area contributed by atoms with E-state index in [1.807, 2.05) is 36.4 Å². The first-order valence-electron chi connectivity index (χ1n) is 11.5. The molecule has 10 nitrogen and oxygen atoms in total. The summed E-state index contributed by atoms with van der Waals surface area (Å²) in [6.45, 7) is 0.266. The van der Waals surface area contributed by atoms with Gasteiger partial charge in [-0.2, -0.15) is 5.10 Å². The van der Waals surface area contributed by atoms with Crippen LogP contribution in [0.5, 0.6) is 17.2 Å². The zero-order valence-corrected chi connectivity index (χ0v) is 21.4. The van der Waals surface area contributed by atoms with Gasteiger partial charge in [-0.3, -0.25) is 9.59 Å². The summed E-state index contributed by atoms with van der Waals surface area (Å²) in [7, 11) is 7.74. The molecule has 194 valence electrons. The minimum absolute atomic E-state index is 0.129. The minimum atomic E-state index is -0.369. The molecule has 0 aliphatic carbocycles. The molecule has 1 aliphatic heterocycles. The second kappa shape index (κ2) is 12.9. The number of amides is 2. The topological polar surface area (TPSA) is 99.1 Å². The van der Waals surface area contributed by atoms with Gasteiger partial charge in [-0.25, -0.2) is 5.01 Å². The van der Waals surface area contributed by atoms with Crippen LogP contribution in [-0.4, -0.2) is 89.3 Å². The first kappa shape index (κ1) is 27.0. The van der Waals surface area contributed by atoms with Crippen molar-refractivity contribution >= 4 is 17.5 Å². The summed E-state index contributed by atoms with van der Waals surface area (Å²) >= 11 is 0. The predicted octanol–water partition coefficient (Wildman–Crippen LogP) is 2.51. The van der Waals surface area contributed by atoms with Crippen molar-refractivity contribution in [1.82, 2.24) is 9.91 Å². The number of hydrazone groups is 1. The van der Waals surface area contributed by atoms with Crippen LogP contribution in [0, 0.1) is 0 Å². The van der Waals surface area contributed by atoms with E-state index in [-0.39, 0.29) is 37.6 Å². The summed E-state index contributed by atoms with van der Waals surface area (Å²) in [4.78, 5) is 27.5. The van der Waals surface area contributed by atoms with Crippen LogP contribution >= 0.6 is 0 Å². The Bertz CT molecular complexity index is 1070.